The lowest BCUT2D eigenvalue weighted by Gasteiger charge is -2.25. The van der Waals surface area contributed by atoms with E-state index in [4.69, 9.17) is 0 Å². The first-order valence-corrected chi connectivity index (χ1v) is 9.83. The maximum atomic E-state index is 12.8. The standard InChI is InChI=1S/C21H26BrN3O/c1-24(2)20(17-7-4-3-5-8-17)21(26)23-14-16-11-12-25(15-16)19-10-6-9-18(22)13-19/h3-10,13,16,20H,11-12,14-15H2,1-2H3,(H,23,26)/t16-,20+/m0/s1. The minimum atomic E-state index is -0.251. The summed E-state index contributed by atoms with van der Waals surface area (Å²) in [4.78, 5) is 17.1. The molecule has 0 unspecified atom stereocenters. The van der Waals surface area contributed by atoms with Gasteiger partial charge in [0.05, 0.1) is 0 Å². The molecule has 0 spiro atoms. The third-order valence-corrected chi connectivity index (χ3v) is 5.40. The van der Waals surface area contributed by atoms with Crippen LogP contribution in [0.2, 0.25) is 0 Å². The largest absolute Gasteiger partial charge is 0.371 e. The van der Waals surface area contributed by atoms with Gasteiger partial charge in [0.25, 0.3) is 0 Å². The van der Waals surface area contributed by atoms with Crippen LogP contribution in [0.3, 0.4) is 0 Å². The molecular formula is C21H26BrN3O. The van der Waals surface area contributed by atoms with Gasteiger partial charge in [0, 0.05) is 29.8 Å². The highest BCUT2D eigenvalue weighted by Gasteiger charge is 2.26. The molecule has 2 aromatic carbocycles. The van der Waals surface area contributed by atoms with Gasteiger partial charge in [0.15, 0.2) is 0 Å². The summed E-state index contributed by atoms with van der Waals surface area (Å²) >= 11 is 3.54. The van der Waals surface area contributed by atoms with E-state index < -0.39 is 0 Å². The molecule has 0 radical (unpaired) electrons. The molecule has 1 aliphatic heterocycles. The summed E-state index contributed by atoms with van der Waals surface area (Å²) in [5.41, 5.74) is 2.26. The molecule has 4 nitrogen and oxygen atoms in total. The fourth-order valence-electron chi connectivity index (χ4n) is 3.57. The molecule has 1 fully saturated rings. The molecule has 0 bridgehead atoms. The van der Waals surface area contributed by atoms with Gasteiger partial charge in [-0.25, -0.2) is 0 Å². The van der Waals surface area contributed by atoms with Crippen molar-refractivity contribution in [1.29, 1.82) is 0 Å². The van der Waals surface area contributed by atoms with Crippen molar-refractivity contribution in [2.45, 2.75) is 12.5 Å². The Bertz CT molecular complexity index is 735. The highest BCUT2D eigenvalue weighted by atomic mass is 79.9. The smallest absolute Gasteiger partial charge is 0.241 e. The quantitative estimate of drug-likeness (QED) is 0.780. The second kappa shape index (κ2) is 8.69. The van der Waals surface area contributed by atoms with Crippen molar-refractivity contribution in [3.05, 3.63) is 64.6 Å². The van der Waals surface area contributed by atoms with Crippen LogP contribution < -0.4 is 10.2 Å². The van der Waals surface area contributed by atoms with Gasteiger partial charge < -0.3 is 10.2 Å². The molecule has 0 aliphatic carbocycles. The van der Waals surface area contributed by atoms with Gasteiger partial charge in [-0.2, -0.15) is 0 Å². The Labute approximate surface area is 164 Å². The highest BCUT2D eigenvalue weighted by molar-refractivity contribution is 9.10. The van der Waals surface area contributed by atoms with Crippen molar-refractivity contribution < 1.29 is 4.79 Å². The van der Waals surface area contributed by atoms with Gasteiger partial charge in [-0.05, 0) is 50.2 Å². The van der Waals surface area contributed by atoms with Gasteiger partial charge in [-0.3, -0.25) is 9.69 Å². The monoisotopic (exact) mass is 415 g/mol. The average Bonchev–Trinajstić information content (AvgIpc) is 3.10. The molecule has 1 N–H and O–H groups in total. The molecule has 26 heavy (non-hydrogen) atoms. The second-order valence-corrected chi connectivity index (χ2v) is 8.02. The van der Waals surface area contributed by atoms with Gasteiger partial charge >= 0.3 is 0 Å². The fourth-order valence-corrected chi connectivity index (χ4v) is 3.95. The van der Waals surface area contributed by atoms with Crippen LogP contribution in [0.25, 0.3) is 0 Å². The third kappa shape index (κ3) is 4.65. The summed E-state index contributed by atoms with van der Waals surface area (Å²) < 4.78 is 1.10. The van der Waals surface area contributed by atoms with Crippen molar-refractivity contribution in [3.63, 3.8) is 0 Å². The van der Waals surface area contributed by atoms with E-state index >= 15 is 0 Å². The Balaban J connectivity index is 1.56. The van der Waals surface area contributed by atoms with E-state index in [-0.39, 0.29) is 11.9 Å². The zero-order valence-corrected chi connectivity index (χ0v) is 16.9. The van der Waals surface area contributed by atoms with Crippen LogP contribution in [0.4, 0.5) is 5.69 Å². The summed E-state index contributed by atoms with van der Waals surface area (Å²) in [5.74, 6) is 0.554. The average molecular weight is 416 g/mol. The predicted octanol–water partition coefficient (Wildman–Crippen LogP) is 3.69. The summed E-state index contributed by atoms with van der Waals surface area (Å²) in [6.07, 6.45) is 1.10. The minimum absolute atomic E-state index is 0.0714. The van der Waals surface area contributed by atoms with Crippen LogP contribution in [0.5, 0.6) is 0 Å². The molecule has 2 atom stereocenters. The second-order valence-electron chi connectivity index (χ2n) is 7.10. The molecule has 0 saturated carbocycles. The van der Waals surface area contributed by atoms with Crippen LogP contribution in [0.15, 0.2) is 59.1 Å². The van der Waals surface area contributed by atoms with Gasteiger partial charge in [0.1, 0.15) is 6.04 Å². The first-order valence-electron chi connectivity index (χ1n) is 9.04. The van der Waals surface area contributed by atoms with Crippen molar-refractivity contribution in [2.75, 3.05) is 38.6 Å². The lowest BCUT2D eigenvalue weighted by atomic mass is 10.0. The number of halogens is 1. The van der Waals surface area contributed by atoms with Crippen LogP contribution in [-0.4, -0.2) is 44.5 Å². The molecule has 138 valence electrons. The lowest BCUT2D eigenvalue weighted by Crippen LogP contribution is -2.39. The summed E-state index contributed by atoms with van der Waals surface area (Å²) in [7, 11) is 3.89. The number of rotatable bonds is 6. The van der Waals surface area contributed by atoms with Gasteiger partial charge in [0.2, 0.25) is 5.91 Å². The number of nitrogens with zero attached hydrogens (tertiary/aromatic N) is 2. The van der Waals surface area contributed by atoms with Crippen LogP contribution in [0.1, 0.15) is 18.0 Å². The number of carbonyl (C=O) groups excluding carboxylic acids is 1. The normalized spacial score (nSPS) is 18.2. The molecule has 1 saturated heterocycles. The first-order chi connectivity index (χ1) is 12.5. The maximum absolute atomic E-state index is 12.8. The summed E-state index contributed by atoms with van der Waals surface area (Å²) in [6, 6.07) is 18.1. The molecule has 1 heterocycles. The SMILES string of the molecule is CN(C)[C@@H](C(=O)NC[C@@H]1CCN(c2cccc(Br)c2)C1)c1ccccc1. The van der Waals surface area contributed by atoms with E-state index in [0.29, 0.717) is 5.92 Å². The topological polar surface area (TPSA) is 35.6 Å². The number of nitrogens with one attached hydrogen (secondary N) is 1. The molecule has 1 aliphatic rings. The zero-order chi connectivity index (χ0) is 18.5. The van der Waals surface area contributed by atoms with E-state index in [0.717, 1.165) is 36.1 Å². The van der Waals surface area contributed by atoms with E-state index in [1.165, 1.54) is 5.69 Å². The Morgan fingerprint density at radius 2 is 2.00 bits per heavy atom. The van der Waals surface area contributed by atoms with Crippen LogP contribution in [-0.2, 0) is 4.79 Å². The number of carbonyl (C=O) groups is 1. The summed E-state index contributed by atoms with van der Waals surface area (Å²) in [6.45, 7) is 2.74. The van der Waals surface area contributed by atoms with Crippen molar-refractivity contribution in [2.24, 2.45) is 5.92 Å². The van der Waals surface area contributed by atoms with Crippen LogP contribution in [0, 0.1) is 5.92 Å². The maximum Gasteiger partial charge on any atom is 0.241 e. The van der Waals surface area contributed by atoms with Gasteiger partial charge in [-0.1, -0.05) is 52.3 Å². The van der Waals surface area contributed by atoms with Crippen LogP contribution >= 0.6 is 15.9 Å². The summed E-state index contributed by atoms with van der Waals surface area (Å²) in [5, 5.41) is 3.17. The fraction of sp³-hybridized carbons (Fsp3) is 0.381. The first kappa shape index (κ1) is 18.9. The Morgan fingerprint density at radius 3 is 2.69 bits per heavy atom. The third-order valence-electron chi connectivity index (χ3n) is 4.90. The molecule has 2 aromatic rings. The number of anilines is 1. The number of benzene rings is 2. The molecule has 1 amide bonds. The van der Waals surface area contributed by atoms with Gasteiger partial charge in [-0.15, -0.1) is 0 Å². The van der Waals surface area contributed by atoms with E-state index in [2.05, 4.69) is 44.3 Å². The Hall–Kier alpha value is -1.85. The highest BCUT2D eigenvalue weighted by Crippen LogP contribution is 2.26. The van der Waals surface area contributed by atoms with E-state index in [1.807, 2.05) is 55.4 Å². The number of amides is 1. The molecular weight excluding hydrogens is 390 g/mol. The number of likely N-dealkylation sites (N-methyl/N-ethyl adjacent to an activating group) is 1. The molecule has 5 heteroatoms. The van der Waals surface area contributed by atoms with Crippen molar-refractivity contribution >= 4 is 27.5 Å². The molecule has 3 rings (SSSR count). The van der Waals surface area contributed by atoms with Crippen molar-refractivity contribution in [3.8, 4) is 0 Å². The van der Waals surface area contributed by atoms with E-state index in [1.54, 1.807) is 0 Å². The Kier molecular flexibility index (Phi) is 6.33. The van der Waals surface area contributed by atoms with Crippen molar-refractivity contribution in [1.82, 2.24) is 10.2 Å². The van der Waals surface area contributed by atoms with E-state index in [9.17, 15) is 4.79 Å². The number of hydrogen-bond acceptors (Lipinski definition) is 3. The molecule has 0 aromatic heterocycles. The predicted molar refractivity (Wildman–Crippen MR) is 110 cm³/mol. The number of hydrogen-bond donors (Lipinski definition) is 1. The minimum Gasteiger partial charge on any atom is -0.371 e. The zero-order valence-electron chi connectivity index (χ0n) is 15.4. The lowest BCUT2D eigenvalue weighted by molar-refractivity contribution is -0.125. The Morgan fingerprint density at radius 1 is 1.23 bits per heavy atom.